The number of amides is 1. The molecule has 31 heavy (non-hydrogen) atoms. The molecule has 1 aromatic carbocycles. The number of hydrogen-bond acceptors (Lipinski definition) is 6. The number of benzene rings is 1. The van der Waals surface area contributed by atoms with Gasteiger partial charge in [-0.1, -0.05) is 6.07 Å². The summed E-state index contributed by atoms with van der Waals surface area (Å²) in [6, 6.07) is 7.12. The van der Waals surface area contributed by atoms with Gasteiger partial charge in [-0.15, -0.1) is 0 Å². The number of ether oxygens (including phenoxy) is 1. The van der Waals surface area contributed by atoms with E-state index in [1.54, 1.807) is 27.8 Å². The Balaban J connectivity index is 2.12. The highest BCUT2D eigenvalue weighted by Gasteiger charge is 2.25. The van der Waals surface area contributed by atoms with E-state index in [9.17, 15) is 23.1 Å². The van der Waals surface area contributed by atoms with E-state index < -0.39 is 27.7 Å². The summed E-state index contributed by atoms with van der Waals surface area (Å²) >= 11 is 0. The van der Waals surface area contributed by atoms with E-state index >= 15 is 0 Å². The number of pyridine rings is 1. The highest BCUT2D eigenvalue weighted by Crippen LogP contribution is 2.28. The molecule has 0 radical (unpaired) electrons. The van der Waals surface area contributed by atoms with Gasteiger partial charge in [0, 0.05) is 31.0 Å². The smallest absolute Gasteiger partial charge is 0.410 e. The Kier molecular flexibility index (Phi) is 5.77. The molecule has 0 saturated heterocycles. The van der Waals surface area contributed by atoms with Crippen LogP contribution in [-0.2, 0) is 21.3 Å². The Bertz CT molecular complexity index is 1240. The van der Waals surface area contributed by atoms with Crippen LogP contribution in [0.2, 0.25) is 0 Å². The van der Waals surface area contributed by atoms with E-state index in [1.165, 1.54) is 53.8 Å². The molecule has 0 atom stereocenters. The standard InChI is InChI=1S/C21H23N3O6S/c1-21(2,3)30-20(27)23(4)12-15-13-24(31(28,29)16-6-5-9-22-11-16)18-10-14(19(25)26)7-8-17(15)18/h5-11,13H,12H2,1-4H3,(H,25,26). The highest BCUT2D eigenvalue weighted by molar-refractivity contribution is 7.90. The number of hydrogen-bond donors (Lipinski definition) is 1. The Morgan fingerprint density at radius 1 is 1.23 bits per heavy atom. The molecule has 2 heterocycles. The predicted molar refractivity (Wildman–Crippen MR) is 113 cm³/mol. The average molecular weight is 445 g/mol. The first-order valence-electron chi connectivity index (χ1n) is 9.37. The minimum Gasteiger partial charge on any atom is -0.478 e. The molecule has 9 nitrogen and oxygen atoms in total. The summed E-state index contributed by atoms with van der Waals surface area (Å²) in [6.45, 7) is 5.31. The third-order valence-electron chi connectivity index (χ3n) is 4.41. The van der Waals surface area contributed by atoms with E-state index in [2.05, 4.69) is 4.98 Å². The van der Waals surface area contributed by atoms with Crippen LogP contribution in [0.3, 0.4) is 0 Å². The van der Waals surface area contributed by atoms with Crippen LogP contribution in [-0.4, -0.2) is 52.1 Å². The van der Waals surface area contributed by atoms with E-state index in [1.807, 2.05) is 0 Å². The highest BCUT2D eigenvalue weighted by atomic mass is 32.2. The molecule has 0 aliphatic carbocycles. The number of aromatic carboxylic acids is 1. The number of carboxylic acids is 1. The zero-order valence-electron chi connectivity index (χ0n) is 17.6. The summed E-state index contributed by atoms with van der Waals surface area (Å²) in [5.74, 6) is -1.18. The largest absolute Gasteiger partial charge is 0.478 e. The molecule has 0 saturated carbocycles. The lowest BCUT2D eigenvalue weighted by Gasteiger charge is -2.24. The number of carboxylic acid groups (broad SMARTS) is 1. The molecular formula is C21H23N3O6S. The molecule has 10 heteroatoms. The van der Waals surface area contributed by atoms with Gasteiger partial charge in [0.25, 0.3) is 10.0 Å². The van der Waals surface area contributed by atoms with E-state index in [0.717, 1.165) is 3.97 Å². The van der Waals surface area contributed by atoms with Gasteiger partial charge in [0.1, 0.15) is 10.5 Å². The molecule has 0 unspecified atom stereocenters. The Morgan fingerprint density at radius 3 is 2.52 bits per heavy atom. The van der Waals surface area contributed by atoms with Gasteiger partial charge < -0.3 is 14.7 Å². The summed E-state index contributed by atoms with van der Waals surface area (Å²) < 4.78 is 32.8. The summed E-state index contributed by atoms with van der Waals surface area (Å²) in [6.07, 6.45) is 3.50. The number of carbonyl (C=O) groups is 2. The van der Waals surface area contributed by atoms with Crippen LogP contribution in [0.4, 0.5) is 4.79 Å². The molecule has 1 N–H and O–H groups in total. The lowest BCUT2D eigenvalue weighted by Crippen LogP contribution is -2.33. The molecule has 3 aromatic rings. The molecule has 0 fully saturated rings. The van der Waals surface area contributed by atoms with Crippen LogP contribution < -0.4 is 0 Å². The number of aromatic nitrogens is 2. The monoisotopic (exact) mass is 445 g/mol. The van der Waals surface area contributed by atoms with Crippen LogP contribution in [0.15, 0.2) is 53.8 Å². The maximum atomic E-state index is 13.2. The van der Waals surface area contributed by atoms with Crippen molar-refractivity contribution in [2.75, 3.05) is 7.05 Å². The summed E-state index contributed by atoms with van der Waals surface area (Å²) in [5, 5.41) is 9.86. The van der Waals surface area contributed by atoms with Gasteiger partial charge in [-0.2, -0.15) is 0 Å². The third kappa shape index (κ3) is 4.69. The number of fused-ring (bicyclic) bond motifs is 1. The second-order valence-electron chi connectivity index (χ2n) is 8.02. The van der Waals surface area contributed by atoms with Crippen molar-refractivity contribution in [2.45, 2.75) is 37.8 Å². The fourth-order valence-electron chi connectivity index (χ4n) is 3.00. The zero-order valence-corrected chi connectivity index (χ0v) is 18.4. The van der Waals surface area contributed by atoms with Gasteiger partial charge in [0.2, 0.25) is 0 Å². The molecule has 1 amide bonds. The van der Waals surface area contributed by atoms with Crippen molar-refractivity contribution in [1.29, 1.82) is 0 Å². The fourth-order valence-corrected chi connectivity index (χ4v) is 4.34. The van der Waals surface area contributed by atoms with Gasteiger partial charge in [-0.05, 0) is 50.6 Å². The lowest BCUT2D eigenvalue weighted by atomic mass is 10.1. The van der Waals surface area contributed by atoms with Crippen LogP contribution in [0.1, 0.15) is 36.7 Å². The Morgan fingerprint density at radius 2 is 1.94 bits per heavy atom. The van der Waals surface area contributed by atoms with Crippen molar-refractivity contribution in [3.63, 3.8) is 0 Å². The number of rotatable bonds is 5. The quantitative estimate of drug-likeness (QED) is 0.640. The van der Waals surface area contributed by atoms with Gasteiger partial charge in [0.05, 0.1) is 17.6 Å². The molecule has 3 rings (SSSR count). The first kappa shape index (κ1) is 22.3. The van der Waals surface area contributed by atoms with Crippen molar-refractivity contribution >= 4 is 33.0 Å². The van der Waals surface area contributed by atoms with Gasteiger partial charge >= 0.3 is 12.1 Å². The van der Waals surface area contributed by atoms with Crippen LogP contribution in [0, 0.1) is 0 Å². The normalized spacial score (nSPS) is 12.0. The second kappa shape index (κ2) is 8.03. The second-order valence-corrected chi connectivity index (χ2v) is 9.83. The van der Waals surface area contributed by atoms with E-state index in [4.69, 9.17) is 4.74 Å². The number of carbonyl (C=O) groups excluding carboxylic acids is 1. The molecular weight excluding hydrogens is 422 g/mol. The fraction of sp³-hybridized carbons (Fsp3) is 0.286. The van der Waals surface area contributed by atoms with Crippen LogP contribution >= 0.6 is 0 Å². The van der Waals surface area contributed by atoms with E-state index in [-0.39, 0.29) is 22.5 Å². The SMILES string of the molecule is CN(Cc1cn(S(=O)(=O)c2cccnc2)c2cc(C(=O)O)ccc12)C(=O)OC(C)(C)C. The summed E-state index contributed by atoms with van der Waals surface area (Å²) in [5.41, 5.74) is -0.0243. The lowest BCUT2D eigenvalue weighted by molar-refractivity contribution is 0.0285. The Hall–Kier alpha value is -3.40. The molecule has 0 bridgehead atoms. The maximum Gasteiger partial charge on any atom is 0.410 e. The maximum absolute atomic E-state index is 13.2. The van der Waals surface area contributed by atoms with Gasteiger partial charge in [-0.25, -0.2) is 22.0 Å². The predicted octanol–water partition coefficient (Wildman–Crippen LogP) is 3.34. The molecule has 0 aliphatic rings. The van der Waals surface area contributed by atoms with Gasteiger partial charge in [0.15, 0.2) is 0 Å². The first-order chi connectivity index (χ1) is 14.4. The minimum atomic E-state index is -4.05. The topological polar surface area (TPSA) is 119 Å². The first-order valence-corrected chi connectivity index (χ1v) is 10.8. The van der Waals surface area contributed by atoms with Crippen LogP contribution in [0.5, 0.6) is 0 Å². The molecule has 0 spiro atoms. The van der Waals surface area contributed by atoms with Crippen molar-refractivity contribution in [3.8, 4) is 0 Å². The third-order valence-corrected chi connectivity index (χ3v) is 6.06. The minimum absolute atomic E-state index is 0.0420. The van der Waals surface area contributed by atoms with Crippen molar-refractivity contribution in [1.82, 2.24) is 13.9 Å². The average Bonchev–Trinajstić information content (AvgIpc) is 3.05. The molecule has 0 aliphatic heterocycles. The van der Waals surface area contributed by atoms with Crippen molar-refractivity contribution in [3.05, 3.63) is 60.0 Å². The zero-order chi connectivity index (χ0) is 23.0. The van der Waals surface area contributed by atoms with Crippen LogP contribution in [0.25, 0.3) is 10.9 Å². The molecule has 164 valence electrons. The number of nitrogens with zero attached hydrogens (tertiary/aromatic N) is 3. The summed E-state index contributed by atoms with van der Waals surface area (Å²) in [4.78, 5) is 28.9. The van der Waals surface area contributed by atoms with Gasteiger partial charge in [-0.3, -0.25) is 4.98 Å². The Labute approximate surface area is 179 Å². The van der Waals surface area contributed by atoms with Crippen molar-refractivity contribution < 1.29 is 27.9 Å². The summed E-state index contributed by atoms with van der Waals surface area (Å²) in [7, 11) is -2.51. The molecule has 2 aromatic heterocycles. The van der Waals surface area contributed by atoms with E-state index in [0.29, 0.717) is 10.9 Å². The van der Waals surface area contributed by atoms with Crippen molar-refractivity contribution in [2.24, 2.45) is 0 Å².